The molecule has 5 heteroatoms. The van der Waals surface area contributed by atoms with Crippen LogP contribution in [0.2, 0.25) is 0 Å². The summed E-state index contributed by atoms with van der Waals surface area (Å²) in [6, 6.07) is 5.26. The van der Waals surface area contributed by atoms with Crippen molar-refractivity contribution in [3.05, 3.63) is 47.2 Å². The van der Waals surface area contributed by atoms with E-state index in [9.17, 15) is 9.59 Å². The molecule has 2 rings (SSSR count). The van der Waals surface area contributed by atoms with Gasteiger partial charge in [-0.2, -0.15) is 0 Å². The average Bonchev–Trinajstić information content (AvgIpc) is 2.37. The van der Waals surface area contributed by atoms with E-state index in [4.69, 9.17) is 0 Å². The van der Waals surface area contributed by atoms with E-state index in [-0.39, 0.29) is 11.9 Å². The van der Waals surface area contributed by atoms with Crippen molar-refractivity contribution < 1.29 is 9.59 Å². The third kappa shape index (κ3) is 2.91. The molecule has 5 nitrogen and oxygen atoms in total. The summed E-state index contributed by atoms with van der Waals surface area (Å²) in [5.74, 6) is -0.600. The van der Waals surface area contributed by atoms with E-state index in [0.717, 1.165) is 16.7 Å². The minimum absolute atomic E-state index is 0.0857. The van der Waals surface area contributed by atoms with Crippen molar-refractivity contribution >= 4 is 11.9 Å². The van der Waals surface area contributed by atoms with Gasteiger partial charge in [-0.3, -0.25) is 4.79 Å². The third-order valence-electron chi connectivity index (χ3n) is 3.74. The molecule has 1 aromatic carbocycles. The molecule has 1 aliphatic rings. The second-order valence-electron chi connectivity index (χ2n) is 5.67. The SMILES string of the molecule is C=C1NC(=O)N[C@@H](c2ccc(C)cc2C)[C@@H]1C(=O)N(C)C. The van der Waals surface area contributed by atoms with Crippen molar-refractivity contribution in [3.8, 4) is 0 Å². The summed E-state index contributed by atoms with van der Waals surface area (Å²) < 4.78 is 0. The zero-order chi connectivity index (χ0) is 15.7. The van der Waals surface area contributed by atoms with E-state index >= 15 is 0 Å². The Morgan fingerprint density at radius 1 is 1.29 bits per heavy atom. The van der Waals surface area contributed by atoms with Crippen LogP contribution in [0.15, 0.2) is 30.5 Å². The van der Waals surface area contributed by atoms with Crippen LogP contribution in [0, 0.1) is 19.8 Å². The number of benzene rings is 1. The Morgan fingerprint density at radius 3 is 2.52 bits per heavy atom. The number of carbonyl (C=O) groups excluding carboxylic acids is 2. The number of hydrogen-bond acceptors (Lipinski definition) is 2. The molecule has 1 aliphatic heterocycles. The van der Waals surface area contributed by atoms with Crippen LogP contribution < -0.4 is 10.6 Å². The molecule has 1 fully saturated rings. The highest BCUT2D eigenvalue weighted by atomic mass is 16.2. The highest BCUT2D eigenvalue weighted by Crippen LogP contribution is 2.32. The van der Waals surface area contributed by atoms with Gasteiger partial charge in [0, 0.05) is 19.8 Å². The minimum atomic E-state index is -0.515. The molecule has 1 saturated heterocycles. The van der Waals surface area contributed by atoms with Gasteiger partial charge in [0.25, 0.3) is 0 Å². The summed E-state index contributed by atoms with van der Waals surface area (Å²) in [6.07, 6.45) is 0. The zero-order valence-electron chi connectivity index (χ0n) is 12.9. The van der Waals surface area contributed by atoms with Gasteiger partial charge in [0.1, 0.15) is 5.92 Å². The molecule has 0 saturated carbocycles. The molecule has 0 bridgehead atoms. The molecule has 0 radical (unpaired) electrons. The van der Waals surface area contributed by atoms with Gasteiger partial charge in [-0.25, -0.2) is 4.79 Å². The molecule has 0 aliphatic carbocycles. The highest BCUT2D eigenvalue weighted by molar-refractivity contribution is 5.88. The van der Waals surface area contributed by atoms with Crippen LogP contribution in [-0.4, -0.2) is 30.9 Å². The van der Waals surface area contributed by atoms with Gasteiger partial charge in [-0.15, -0.1) is 0 Å². The molecule has 21 heavy (non-hydrogen) atoms. The number of rotatable bonds is 2. The lowest BCUT2D eigenvalue weighted by Crippen LogP contribution is -2.52. The van der Waals surface area contributed by atoms with Gasteiger partial charge in [0.15, 0.2) is 0 Å². The van der Waals surface area contributed by atoms with Crippen LogP contribution in [0.1, 0.15) is 22.7 Å². The lowest BCUT2D eigenvalue weighted by molar-refractivity contribution is -0.132. The maximum Gasteiger partial charge on any atom is 0.319 e. The fourth-order valence-corrected chi connectivity index (χ4v) is 2.69. The molecule has 112 valence electrons. The van der Waals surface area contributed by atoms with Crippen molar-refractivity contribution in [2.24, 2.45) is 5.92 Å². The summed E-state index contributed by atoms with van der Waals surface area (Å²) in [5.41, 5.74) is 3.57. The van der Waals surface area contributed by atoms with Crippen LogP contribution in [0.5, 0.6) is 0 Å². The number of nitrogens with zero attached hydrogens (tertiary/aromatic N) is 1. The number of urea groups is 1. The van der Waals surface area contributed by atoms with Gasteiger partial charge in [0.05, 0.1) is 6.04 Å². The van der Waals surface area contributed by atoms with Gasteiger partial charge in [0.2, 0.25) is 5.91 Å². The second kappa shape index (κ2) is 5.60. The zero-order valence-corrected chi connectivity index (χ0v) is 12.9. The summed E-state index contributed by atoms with van der Waals surface area (Å²) in [7, 11) is 3.40. The summed E-state index contributed by atoms with van der Waals surface area (Å²) in [6.45, 7) is 7.85. The number of amides is 3. The molecule has 1 heterocycles. The number of carbonyl (C=O) groups is 2. The summed E-state index contributed by atoms with van der Waals surface area (Å²) in [5, 5.41) is 5.45. The quantitative estimate of drug-likeness (QED) is 0.872. The van der Waals surface area contributed by atoms with Crippen LogP contribution in [-0.2, 0) is 4.79 Å². The second-order valence-corrected chi connectivity index (χ2v) is 5.67. The van der Waals surface area contributed by atoms with Crippen molar-refractivity contribution in [1.82, 2.24) is 15.5 Å². The minimum Gasteiger partial charge on any atom is -0.348 e. The molecule has 2 atom stereocenters. The molecule has 1 aromatic rings. The van der Waals surface area contributed by atoms with Crippen LogP contribution in [0.25, 0.3) is 0 Å². The standard InChI is InChI=1S/C16H21N3O2/c1-9-6-7-12(10(2)8-9)14-13(15(20)19(4)5)11(3)17-16(21)18-14/h6-8,13-14H,3H2,1-2,4-5H3,(H2,17,18,21)/t13-,14+/m1/s1. The van der Waals surface area contributed by atoms with Crippen molar-refractivity contribution in [3.63, 3.8) is 0 Å². The van der Waals surface area contributed by atoms with Crippen LogP contribution in [0.4, 0.5) is 4.79 Å². The molecule has 0 unspecified atom stereocenters. The Hall–Kier alpha value is -2.30. The first-order valence-corrected chi connectivity index (χ1v) is 6.86. The Bertz CT molecular complexity index is 608. The van der Waals surface area contributed by atoms with Gasteiger partial charge < -0.3 is 15.5 Å². The van der Waals surface area contributed by atoms with Crippen molar-refractivity contribution in [2.45, 2.75) is 19.9 Å². The largest absolute Gasteiger partial charge is 0.348 e. The van der Waals surface area contributed by atoms with Crippen molar-refractivity contribution in [2.75, 3.05) is 14.1 Å². The maximum absolute atomic E-state index is 12.5. The fraction of sp³-hybridized carbons (Fsp3) is 0.375. The first-order chi connectivity index (χ1) is 9.81. The normalized spacial score (nSPS) is 21.5. The number of nitrogens with one attached hydrogen (secondary N) is 2. The van der Waals surface area contributed by atoms with Gasteiger partial charge >= 0.3 is 6.03 Å². The predicted molar refractivity (Wildman–Crippen MR) is 81.6 cm³/mol. The lowest BCUT2D eigenvalue weighted by atomic mass is 9.85. The molecule has 0 spiro atoms. The van der Waals surface area contributed by atoms with E-state index < -0.39 is 12.0 Å². The lowest BCUT2D eigenvalue weighted by Gasteiger charge is -2.35. The van der Waals surface area contributed by atoms with E-state index in [0.29, 0.717) is 5.70 Å². The van der Waals surface area contributed by atoms with Crippen LogP contribution in [0.3, 0.4) is 0 Å². The van der Waals surface area contributed by atoms with Gasteiger partial charge in [-0.1, -0.05) is 30.3 Å². The third-order valence-corrected chi connectivity index (χ3v) is 3.74. The van der Waals surface area contributed by atoms with E-state index in [1.165, 1.54) is 4.90 Å². The maximum atomic E-state index is 12.5. The molecular weight excluding hydrogens is 266 g/mol. The topological polar surface area (TPSA) is 61.4 Å². The first kappa shape index (κ1) is 15.1. The summed E-state index contributed by atoms with van der Waals surface area (Å²) in [4.78, 5) is 25.7. The van der Waals surface area contributed by atoms with Crippen LogP contribution >= 0.6 is 0 Å². The first-order valence-electron chi connectivity index (χ1n) is 6.86. The van der Waals surface area contributed by atoms with Gasteiger partial charge in [-0.05, 0) is 25.0 Å². The predicted octanol–water partition coefficient (Wildman–Crippen LogP) is 1.88. The number of hydrogen-bond donors (Lipinski definition) is 2. The Balaban J connectivity index is 2.47. The monoisotopic (exact) mass is 287 g/mol. The number of aryl methyl sites for hydroxylation is 2. The molecule has 3 amide bonds. The molecule has 2 N–H and O–H groups in total. The fourth-order valence-electron chi connectivity index (χ4n) is 2.69. The average molecular weight is 287 g/mol. The van der Waals surface area contributed by atoms with E-state index in [1.807, 2.05) is 32.0 Å². The molecule has 0 aromatic heterocycles. The Kier molecular flexibility index (Phi) is 4.02. The Morgan fingerprint density at radius 2 is 1.95 bits per heavy atom. The van der Waals surface area contributed by atoms with E-state index in [2.05, 4.69) is 17.2 Å². The Labute approximate surface area is 125 Å². The van der Waals surface area contributed by atoms with Crippen molar-refractivity contribution in [1.29, 1.82) is 0 Å². The summed E-state index contributed by atoms with van der Waals surface area (Å²) >= 11 is 0. The van der Waals surface area contributed by atoms with E-state index in [1.54, 1.807) is 14.1 Å². The smallest absolute Gasteiger partial charge is 0.319 e. The molecular formula is C16H21N3O2. The highest BCUT2D eigenvalue weighted by Gasteiger charge is 2.38.